The van der Waals surface area contributed by atoms with E-state index in [4.69, 9.17) is 1.37 Å². The van der Waals surface area contributed by atoms with Crippen molar-refractivity contribution in [2.45, 2.75) is 58.5 Å². The van der Waals surface area contributed by atoms with Crippen LogP contribution in [0.25, 0.3) is 0 Å². The van der Waals surface area contributed by atoms with E-state index in [2.05, 4.69) is 39.6 Å². The quantitative estimate of drug-likeness (QED) is 0.541. The predicted molar refractivity (Wildman–Crippen MR) is 54.3 cm³/mol. The summed E-state index contributed by atoms with van der Waals surface area (Å²) in [7, 11) is 2.21. The number of rotatable bonds is 0. The third-order valence-electron chi connectivity index (χ3n) is 3.39. The fourth-order valence-electron chi connectivity index (χ4n) is 2.58. The second-order valence-corrected chi connectivity index (χ2v) is 5.46. The Labute approximate surface area is 78.5 Å². The van der Waals surface area contributed by atoms with Crippen molar-refractivity contribution in [3.63, 3.8) is 0 Å². The third kappa shape index (κ3) is 1.66. The standard InChI is InChI=1S/C11H23N/c1-9-7-10(2,3)12(6)11(4,5)8-9/h9H,7-8H2,1-6H3/i1T. The van der Waals surface area contributed by atoms with Crippen LogP contribution in [0.3, 0.4) is 0 Å². The van der Waals surface area contributed by atoms with E-state index in [9.17, 15) is 0 Å². The zero-order valence-electron chi connectivity index (χ0n) is 10.1. The Morgan fingerprint density at radius 2 is 1.58 bits per heavy atom. The van der Waals surface area contributed by atoms with Gasteiger partial charge in [-0.05, 0) is 53.5 Å². The fraction of sp³-hybridized carbons (Fsp3) is 1.00. The van der Waals surface area contributed by atoms with Gasteiger partial charge in [0.05, 0.1) is 0 Å². The molecule has 0 N–H and O–H groups in total. The first kappa shape index (κ1) is 8.55. The van der Waals surface area contributed by atoms with E-state index >= 15 is 0 Å². The second-order valence-electron chi connectivity index (χ2n) is 5.46. The van der Waals surface area contributed by atoms with Crippen LogP contribution in [0.5, 0.6) is 0 Å². The minimum absolute atomic E-state index is 0.257. The fourth-order valence-corrected chi connectivity index (χ4v) is 2.58. The molecule has 1 aliphatic heterocycles. The highest BCUT2D eigenvalue weighted by Gasteiger charge is 2.41. The molecule has 12 heavy (non-hydrogen) atoms. The molecule has 0 aromatic rings. The lowest BCUT2D eigenvalue weighted by Crippen LogP contribution is -2.58. The van der Waals surface area contributed by atoms with Crippen LogP contribution in [-0.2, 0) is 0 Å². The van der Waals surface area contributed by atoms with Crippen LogP contribution in [0, 0.1) is 5.92 Å². The predicted octanol–water partition coefficient (Wildman–Crippen LogP) is 2.91. The maximum Gasteiger partial charge on any atom is 0.0233 e. The van der Waals surface area contributed by atoms with Crippen molar-refractivity contribution >= 4 is 0 Å². The average molecular weight is 171 g/mol. The molecule has 1 aliphatic rings. The minimum Gasteiger partial charge on any atom is -0.296 e. The molecule has 0 atom stereocenters. The zero-order valence-corrected chi connectivity index (χ0v) is 9.15. The van der Waals surface area contributed by atoms with E-state index in [0.717, 1.165) is 12.8 Å². The van der Waals surface area contributed by atoms with E-state index in [0.29, 0.717) is 12.8 Å². The zero-order chi connectivity index (χ0) is 10.3. The lowest BCUT2D eigenvalue weighted by molar-refractivity contribution is -0.0255. The summed E-state index contributed by atoms with van der Waals surface area (Å²) in [6.07, 6.45) is 2.33. The highest BCUT2D eigenvalue weighted by Crippen LogP contribution is 2.39. The van der Waals surface area contributed by atoms with Gasteiger partial charge in [-0.1, -0.05) is 6.90 Å². The van der Waals surface area contributed by atoms with Gasteiger partial charge in [0.25, 0.3) is 0 Å². The minimum atomic E-state index is 0.257. The molecule has 1 rings (SSSR count). The molecule has 1 heterocycles. The number of hydrogen-bond acceptors (Lipinski definition) is 1. The molecule has 0 saturated carbocycles. The molecule has 0 aromatic heterocycles. The van der Waals surface area contributed by atoms with Crippen LogP contribution in [0.2, 0.25) is 0 Å². The molecule has 0 aliphatic carbocycles. The molecule has 1 nitrogen and oxygen atoms in total. The van der Waals surface area contributed by atoms with Gasteiger partial charge in [0.1, 0.15) is 0 Å². The van der Waals surface area contributed by atoms with Gasteiger partial charge < -0.3 is 0 Å². The largest absolute Gasteiger partial charge is 0.296 e. The van der Waals surface area contributed by atoms with Crippen molar-refractivity contribution < 1.29 is 1.37 Å². The Bertz CT molecular complexity index is 169. The summed E-state index contributed by atoms with van der Waals surface area (Å²) in [4.78, 5) is 2.46. The van der Waals surface area contributed by atoms with E-state index in [1.54, 1.807) is 0 Å². The SMILES string of the molecule is [3H]CC1CC(C)(C)N(C)C(C)(C)C1. The number of nitrogens with zero attached hydrogens (tertiary/aromatic N) is 1. The maximum atomic E-state index is 7.50. The van der Waals surface area contributed by atoms with E-state index in [1.807, 2.05) is 0 Å². The molecular weight excluding hydrogens is 146 g/mol. The number of piperidine rings is 1. The highest BCUT2D eigenvalue weighted by molar-refractivity contribution is 4.96. The first-order valence-corrected chi connectivity index (χ1v) is 4.83. The maximum absolute atomic E-state index is 7.50. The molecule has 0 unspecified atom stereocenters. The molecule has 72 valence electrons. The molecule has 1 fully saturated rings. The van der Waals surface area contributed by atoms with Gasteiger partial charge >= 0.3 is 0 Å². The molecular formula is C11H23N. The molecule has 1 saturated heterocycles. The summed E-state index contributed by atoms with van der Waals surface area (Å²) >= 11 is 0. The van der Waals surface area contributed by atoms with Gasteiger partial charge in [-0.3, -0.25) is 4.90 Å². The van der Waals surface area contributed by atoms with Crippen LogP contribution in [0.1, 0.15) is 48.8 Å². The molecule has 1 heteroatoms. The summed E-state index contributed by atoms with van der Waals surface area (Å²) in [6, 6.07) is 0. The number of likely N-dealkylation sites (tertiary alicyclic amines) is 1. The summed E-state index contributed by atoms with van der Waals surface area (Å²) in [5.74, 6) is 0.584. The van der Waals surface area contributed by atoms with Crippen molar-refractivity contribution in [2.75, 3.05) is 7.05 Å². The summed E-state index contributed by atoms with van der Waals surface area (Å²) in [6.45, 7) is 9.74. The van der Waals surface area contributed by atoms with Gasteiger partial charge in [0.2, 0.25) is 0 Å². The average Bonchev–Trinajstić information content (AvgIpc) is 1.99. The Kier molecular flexibility index (Phi) is 1.95. The van der Waals surface area contributed by atoms with Gasteiger partial charge in [-0.15, -0.1) is 0 Å². The van der Waals surface area contributed by atoms with Gasteiger partial charge in [0, 0.05) is 12.4 Å². The van der Waals surface area contributed by atoms with Crippen molar-refractivity contribution in [3.8, 4) is 0 Å². The van der Waals surface area contributed by atoms with Crippen molar-refractivity contribution in [1.29, 1.82) is 0 Å². The van der Waals surface area contributed by atoms with Gasteiger partial charge in [-0.25, -0.2) is 0 Å². The molecule has 0 bridgehead atoms. The third-order valence-corrected chi connectivity index (χ3v) is 3.39. The van der Waals surface area contributed by atoms with Crippen LogP contribution < -0.4 is 0 Å². The lowest BCUT2D eigenvalue weighted by atomic mass is 9.75. The Morgan fingerprint density at radius 3 is 1.92 bits per heavy atom. The lowest BCUT2D eigenvalue weighted by Gasteiger charge is -2.53. The van der Waals surface area contributed by atoms with Gasteiger partial charge in [-0.2, -0.15) is 0 Å². The van der Waals surface area contributed by atoms with Crippen LogP contribution in [-0.4, -0.2) is 23.0 Å². The smallest absolute Gasteiger partial charge is 0.0233 e. The van der Waals surface area contributed by atoms with Crippen molar-refractivity contribution in [2.24, 2.45) is 5.92 Å². The van der Waals surface area contributed by atoms with E-state index in [1.165, 1.54) is 0 Å². The van der Waals surface area contributed by atoms with Crippen LogP contribution >= 0.6 is 0 Å². The van der Waals surface area contributed by atoms with Gasteiger partial charge in [0.15, 0.2) is 0 Å². The number of hydrogen-bond donors (Lipinski definition) is 0. The topological polar surface area (TPSA) is 3.24 Å². The van der Waals surface area contributed by atoms with Crippen molar-refractivity contribution in [1.82, 2.24) is 4.90 Å². The molecule has 0 amide bonds. The normalized spacial score (nSPS) is 31.6. The van der Waals surface area contributed by atoms with Crippen molar-refractivity contribution in [3.05, 3.63) is 0 Å². The molecule has 0 radical (unpaired) electrons. The second kappa shape index (κ2) is 2.73. The Hall–Kier alpha value is -0.0400. The van der Waals surface area contributed by atoms with E-state index in [-0.39, 0.29) is 11.1 Å². The van der Waals surface area contributed by atoms with Crippen LogP contribution in [0.15, 0.2) is 0 Å². The highest BCUT2D eigenvalue weighted by atomic mass is 15.2. The summed E-state index contributed by atoms with van der Waals surface area (Å²) < 4.78 is 7.50. The summed E-state index contributed by atoms with van der Waals surface area (Å²) in [5.41, 5.74) is 0.515. The van der Waals surface area contributed by atoms with E-state index < -0.39 is 0 Å². The molecule has 0 spiro atoms. The Morgan fingerprint density at radius 1 is 1.17 bits per heavy atom. The Balaban J connectivity index is 2.82. The summed E-state index contributed by atoms with van der Waals surface area (Å²) in [5, 5.41) is 0. The monoisotopic (exact) mass is 171 g/mol. The first-order valence-electron chi connectivity index (χ1n) is 5.53. The molecule has 0 aromatic carbocycles. The van der Waals surface area contributed by atoms with Crippen LogP contribution in [0.4, 0.5) is 0 Å². The first-order chi connectivity index (χ1) is 5.79.